The van der Waals surface area contributed by atoms with E-state index in [9.17, 15) is 9.59 Å². The van der Waals surface area contributed by atoms with Crippen LogP contribution in [0.1, 0.15) is 34.8 Å². The smallest absolute Gasteiger partial charge is 0.259 e. The third-order valence-electron chi connectivity index (χ3n) is 4.19. The van der Waals surface area contributed by atoms with Crippen molar-refractivity contribution < 1.29 is 4.79 Å². The maximum Gasteiger partial charge on any atom is 0.259 e. The number of rotatable bonds is 5. The van der Waals surface area contributed by atoms with Crippen LogP contribution in [0.4, 0.5) is 5.13 Å². The topological polar surface area (TPSA) is 87.7 Å². The molecule has 1 aliphatic rings. The van der Waals surface area contributed by atoms with Gasteiger partial charge in [-0.1, -0.05) is 6.58 Å². The second-order valence-corrected chi connectivity index (χ2v) is 7.82. The van der Waals surface area contributed by atoms with Gasteiger partial charge in [-0.15, -0.1) is 22.7 Å². The molecule has 128 valence electrons. The number of thiophene rings is 1. The molecule has 6 nitrogen and oxygen atoms in total. The van der Waals surface area contributed by atoms with Crippen LogP contribution in [-0.4, -0.2) is 20.9 Å². The maximum atomic E-state index is 12.4. The molecule has 25 heavy (non-hydrogen) atoms. The van der Waals surface area contributed by atoms with Crippen molar-refractivity contribution in [3.8, 4) is 0 Å². The first-order chi connectivity index (χ1) is 12.1. The van der Waals surface area contributed by atoms with Gasteiger partial charge in [-0.25, -0.2) is 9.97 Å². The van der Waals surface area contributed by atoms with E-state index in [0.29, 0.717) is 17.4 Å². The Morgan fingerprint density at radius 1 is 1.40 bits per heavy atom. The molecule has 4 rings (SSSR count). The van der Waals surface area contributed by atoms with E-state index in [0.717, 1.165) is 35.2 Å². The van der Waals surface area contributed by atoms with Gasteiger partial charge in [-0.2, -0.15) is 0 Å². The van der Waals surface area contributed by atoms with Crippen molar-refractivity contribution >= 4 is 50.0 Å². The second kappa shape index (κ2) is 6.53. The van der Waals surface area contributed by atoms with E-state index in [1.807, 2.05) is 5.38 Å². The SMILES string of the molecule is C=Cc1csc(NC(=O)CCc2nc3sc4c(c3c(=O)[nH]2)CCC4)n1. The molecule has 0 aromatic carbocycles. The molecule has 0 radical (unpaired) electrons. The summed E-state index contributed by atoms with van der Waals surface area (Å²) in [6.07, 6.45) is 5.37. The van der Waals surface area contributed by atoms with Crippen LogP contribution in [0.15, 0.2) is 16.8 Å². The van der Waals surface area contributed by atoms with Crippen molar-refractivity contribution in [3.05, 3.63) is 44.3 Å². The van der Waals surface area contributed by atoms with E-state index in [1.54, 1.807) is 17.4 Å². The number of fused-ring (bicyclic) bond motifs is 3. The first-order valence-electron chi connectivity index (χ1n) is 8.05. The van der Waals surface area contributed by atoms with Gasteiger partial charge in [-0.3, -0.25) is 9.59 Å². The molecule has 3 aromatic rings. The fraction of sp³-hybridized carbons (Fsp3) is 0.294. The number of thiazole rings is 1. The summed E-state index contributed by atoms with van der Waals surface area (Å²) in [6.45, 7) is 3.64. The Kier molecular flexibility index (Phi) is 4.22. The Morgan fingerprint density at radius 3 is 3.08 bits per heavy atom. The van der Waals surface area contributed by atoms with Crippen LogP contribution < -0.4 is 10.9 Å². The summed E-state index contributed by atoms with van der Waals surface area (Å²) in [5.41, 5.74) is 1.82. The van der Waals surface area contributed by atoms with Crippen LogP contribution in [-0.2, 0) is 24.1 Å². The molecule has 0 saturated heterocycles. The second-order valence-electron chi connectivity index (χ2n) is 5.88. The third kappa shape index (κ3) is 3.14. The lowest BCUT2D eigenvalue weighted by atomic mass is 10.2. The largest absolute Gasteiger partial charge is 0.310 e. The predicted molar refractivity (Wildman–Crippen MR) is 101 cm³/mol. The Bertz CT molecular complexity index is 1030. The average molecular weight is 372 g/mol. The molecule has 0 unspecified atom stereocenters. The molecular formula is C17H16N4O2S2. The third-order valence-corrected chi connectivity index (χ3v) is 6.15. The average Bonchev–Trinajstić information content (AvgIpc) is 3.28. The number of hydrogen-bond acceptors (Lipinski definition) is 6. The maximum absolute atomic E-state index is 12.4. The van der Waals surface area contributed by atoms with Gasteiger partial charge < -0.3 is 10.3 Å². The summed E-state index contributed by atoms with van der Waals surface area (Å²) in [7, 11) is 0. The number of aromatic nitrogens is 3. The molecule has 0 bridgehead atoms. The predicted octanol–water partition coefficient (Wildman–Crippen LogP) is 3.14. The number of aromatic amines is 1. The lowest BCUT2D eigenvalue weighted by Crippen LogP contribution is -2.16. The van der Waals surface area contributed by atoms with Crippen LogP contribution in [0.2, 0.25) is 0 Å². The monoisotopic (exact) mass is 372 g/mol. The molecule has 0 aliphatic heterocycles. The highest BCUT2D eigenvalue weighted by atomic mass is 32.1. The zero-order valence-electron chi connectivity index (χ0n) is 13.4. The van der Waals surface area contributed by atoms with Gasteiger partial charge in [0.05, 0.1) is 11.1 Å². The highest BCUT2D eigenvalue weighted by Gasteiger charge is 2.21. The van der Waals surface area contributed by atoms with Gasteiger partial charge in [0.1, 0.15) is 10.7 Å². The quantitative estimate of drug-likeness (QED) is 0.720. The van der Waals surface area contributed by atoms with E-state index < -0.39 is 0 Å². The number of carbonyl (C=O) groups excluding carboxylic acids is 1. The zero-order chi connectivity index (χ0) is 17.4. The van der Waals surface area contributed by atoms with Crippen molar-refractivity contribution in [1.29, 1.82) is 0 Å². The number of aryl methyl sites for hydroxylation is 3. The zero-order valence-corrected chi connectivity index (χ0v) is 15.1. The molecular weight excluding hydrogens is 356 g/mol. The molecule has 1 aliphatic carbocycles. The number of nitrogens with zero attached hydrogens (tertiary/aromatic N) is 2. The number of amides is 1. The van der Waals surface area contributed by atoms with Crippen LogP contribution >= 0.6 is 22.7 Å². The molecule has 2 N–H and O–H groups in total. The minimum absolute atomic E-state index is 0.0876. The molecule has 0 atom stereocenters. The first kappa shape index (κ1) is 16.2. The molecule has 3 heterocycles. The summed E-state index contributed by atoms with van der Waals surface area (Å²) >= 11 is 2.96. The normalized spacial score (nSPS) is 13.1. The Balaban J connectivity index is 1.46. The highest BCUT2D eigenvalue weighted by Crippen LogP contribution is 2.34. The molecule has 8 heteroatoms. The van der Waals surface area contributed by atoms with Gasteiger partial charge >= 0.3 is 0 Å². The summed E-state index contributed by atoms with van der Waals surface area (Å²) < 4.78 is 0. The van der Waals surface area contributed by atoms with Crippen molar-refractivity contribution in [2.24, 2.45) is 0 Å². The van der Waals surface area contributed by atoms with Crippen LogP contribution in [0, 0.1) is 0 Å². The van der Waals surface area contributed by atoms with Crippen molar-refractivity contribution in [2.75, 3.05) is 5.32 Å². The van der Waals surface area contributed by atoms with Crippen molar-refractivity contribution in [3.63, 3.8) is 0 Å². The minimum Gasteiger partial charge on any atom is -0.310 e. The summed E-state index contributed by atoms with van der Waals surface area (Å²) in [6, 6.07) is 0. The molecule has 1 amide bonds. The summed E-state index contributed by atoms with van der Waals surface area (Å²) in [4.78, 5) is 38.1. The van der Waals surface area contributed by atoms with Crippen LogP contribution in [0.3, 0.4) is 0 Å². The van der Waals surface area contributed by atoms with E-state index in [-0.39, 0.29) is 17.9 Å². The lowest BCUT2D eigenvalue weighted by Gasteiger charge is -2.02. The van der Waals surface area contributed by atoms with Gasteiger partial charge in [0.25, 0.3) is 5.56 Å². The number of hydrogen-bond donors (Lipinski definition) is 2. The fourth-order valence-electron chi connectivity index (χ4n) is 3.02. The number of nitrogens with one attached hydrogen (secondary N) is 2. The van der Waals surface area contributed by atoms with Crippen LogP contribution in [0.25, 0.3) is 16.3 Å². The number of carbonyl (C=O) groups is 1. The molecule has 0 spiro atoms. The van der Waals surface area contributed by atoms with E-state index in [2.05, 4.69) is 26.8 Å². The molecule has 0 fully saturated rings. The first-order valence-corrected chi connectivity index (χ1v) is 9.75. The molecule has 3 aromatic heterocycles. The highest BCUT2D eigenvalue weighted by molar-refractivity contribution is 7.18. The Labute approximate surface area is 151 Å². The van der Waals surface area contributed by atoms with E-state index in [4.69, 9.17) is 0 Å². The summed E-state index contributed by atoms with van der Waals surface area (Å²) in [5.74, 6) is 0.403. The van der Waals surface area contributed by atoms with E-state index in [1.165, 1.54) is 21.8 Å². The summed E-state index contributed by atoms with van der Waals surface area (Å²) in [5, 5.41) is 5.87. The standard InChI is InChI=1S/C17H16N4O2S2/c1-2-9-8-24-17(18-9)21-13(22)7-6-12-19-15(23)14-10-4-3-5-11(10)25-16(14)20-12/h2,8H,1,3-7H2,(H,18,21,22)(H,19,20,23). The van der Waals surface area contributed by atoms with Gasteiger partial charge in [-0.05, 0) is 30.9 Å². The fourth-order valence-corrected chi connectivity index (χ4v) is 5.01. The number of H-pyrrole nitrogens is 1. The van der Waals surface area contributed by atoms with Crippen LogP contribution in [0.5, 0.6) is 0 Å². The lowest BCUT2D eigenvalue weighted by molar-refractivity contribution is -0.116. The molecule has 0 saturated carbocycles. The van der Waals surface area contributed by atoms with Crippen molar-refractivity contribution in [2.45, 2.75) is 32.1 Å². The number of anilines is 1. The van der Waals surface area contributed by atoms with Gasteiger partial charge in [0, 0.05) is 23.1 Å². The van der Waals surface area contributed by atoms with Crippen molar-refractivity contribution in [1.82, 2.24) is 15.0 Å². The van der Waals surface area contributed by atoms with Gasteiger partial charge in [0.15, 0.2) is 5.13 Å². The van der Waals surface area contributed by atoms with Gasteiger partial charge in [0.2, 0.25) is 5.91 Å². The Hall–Kier alpha value is -2.32. The van der Waals surface area contributed by atoms with E-state index >= 15 is 0 Å². The Morgan fingerprint density at radius 2 is 2.28 bits per heavy atom. The minimum atomic E-state index is -0.151.